The summed E-state index contributed by atoms with van der Waals surface area (Å²) in [4.78, 5) is 30.7. The van der Waals surface area contributed by atoms with Gasteiger partial charge in [-0.2, -0.15) is 14.8 Å². The summed E-state index contributed by atoms with van der Waals surface area (Å²) in [6.45, 7) is 3.65. The van der Waals surface area contributed by atoms with Crippen molar-refractivity contribution in [1.29, 1.82) is 0 Å². The van der Waals surface area contributed by atoms with Crippen molar-refractivity contribution in [2.24, 2.45) is 5.14 Å². The number of nitrogens with zero attached hydrogens (tertiary/aromatic N) is 9. The summed E-state index contributed by atoms with van der Waals surface area (Å²) in [6.07, 6.45) is -2.82. The molecule has 8 rings (SSSR count). The Morgan fingerprint density at radius 3 is 2.33 bits per heavy atom. The van der Waals surface area contributed by atoms with Gasteiger partial charge in [-0.3, -0.25) is 4.57 Å². The zero-order valence-electron chi connectivity index (χ0n) is 30.7. The maximum absolute atomic E-state index is 13.0. The van der Waals surface area contributed by atoms with Crippen molar-refractivity contribution in [3.8, 4) is 0 Å². The van der Waals surface area contributed by atoms with Crippen molar-refractivity contribution in [1.82, 2.24) is 45.0 Å². The molecule has 0 aliphatic carbocycles. The molecule has 3 aromatic heterocycles. The number of carbonyl (C=O) groups is 1. The molecule has 0 spiro atoms. The molecule has 0 unspecified atom stereocenters. The minimum absolute atomic E-state index is 0.0438. The molecule has 296 valence electrons. The average Bonchev–Trinajstić information content (AvgIpc) is 4.03. The number of tetrazole rings is 1. The summed E-state index contributed by atoms with van der Waals surface area (Å²) >= 11 is 0. The fraction of sp³-hybridized carbons (Fsp3) is 0.324. The van der Waals surface area contributed by atoms with E-state index >= 15 is 0 Å². The highest BCUT2D eigenvalue weighted by Gasteiger charge is 2.47. The van der Waals surface area contributed by atoms with Gasteiger partial charge in [0, 0.05) is 37.3 Å². The van der Waals surface area contributed by atoms with E-state index in [9.17, 15) is 23.4 Å². The van der Waals surface area contributed by atoms with Gasteiger partial charge in [0.2, 0.25) is 21.8 Å². The first-order valence-electron chi connectivity index (χ1n) is 18.4. The van der Waals surface area contributed by atoms with E-state index in [0.717, 1.165) is 11.1 Å². The Kier molecular flexibility index (Phi) is 10.5. The van der Waals surface area contributed by atoms with E-state index in [4.69, 9.17) is 19.8 Å². The smallest absolute Gasteiger partial charge is 0.319 e. The number of rotatable bonds is 12. The van der Waals surface area contributed by atoms with Crippen LogP contribution in [0.15, 0.2) is 96.2 Å². The van der Waals surface area contributed by atoms with E-state index in [0.29, 0.717) is 61.2 Å². The van der Waals surface area contributed by atoms with Crippen molar-refractivity contribution < 1.29 is 28.2 Å². The number of primary sulfonamides is 1. The predicted octanol–water partition coefficient (Wildman–Crippen LogP) is 2.12. The molecule has 0 saturated carbocycles. The number of aliphatic hydroxyl groups excluding tert-OH is 2. The highest BCUT2D eigenvalue weighted by molar-refractivity contribution is 7.89. The molecule has 2 amide bonds. The van der Waals surface area contributed by atoms with Crippen molar-refractivity contribution in [3.63, 3.8) is 0 Å². The Balaban J connectivity index is 1.07. The predicted molar refractivity (Wildman–Crippen MR) is 207 cm³/mol. The van der Waals surface area contributed by atoms with E-state index in [-0.39, 0.29) is 22.7 Å². The third kappa shape index (κ3) is 7.98. The molecule has 6 aromatic rings. The Morgan fingerprint density at radius 2 is 1.68 bits per heavy atom. The molecular weight excluding hydrogens is 755 g/mol. The standard InChI is InChI=1S/C37H41N13O6S/c1-2-50-46-33(45-47-50)31-29(51)30(52)35(56-31)49-21-40-28-32(39-19-27(22-9-5-3-6-10-22)23-11-7-4-8-12-23)43-36(44-34(28)49)48-18-17-25(20-48)42-37(53)41-24-13-15-26(16-14-24)57(38,54)55/h3-16,21,25,27,29-31,35,51-52H,2,17-20H2,1H3,(H2,38,54,55)(H,39,43,44)(H2,41,42,53)/t25-,29+,30-,31+,35-/m1/s1. The monoisotopic (exact) mass is 795 g/mol. The van der Waals surface area contributed by atoms with Gasteiger partial charge >= 0.3 is 6.03 Å². The third-order valence-electron chi connectivity index (χ3n) is 10.1. The van der Waals surface area contributed by atoms with E-state index < -0.39 is 40.6 Å². The van der Waals surface area contributed by atoms with Crippen LogP contribution in [0, 0.1) is 0 Å². The molecule has 20 heteroatoms. The summed E-state index contributed by atoms with van der Waals surface area (Å²) < 4.78 is 31.0. The summed E-state index contributed by atoms with van der Waals surface area (Å²) in [5.41, 5.74) is 3.37. The van der Waals surface area contributed by atoms with Gasteiger partial charge in [0.25, 0.3) is 0 Å². The zero-order chi connectivity index (χ0) is 39.7. The van der Waals surface area contributed by atoms with Gasteiger partial charge in [0.05, 0.1) is 17.8 Å². The number of ether oxygens (including phenoxy) is 1. The number of nitrogens with two attached hydrogens (primary N) is 1. The number of aliphatic hydroxyl groups is 2. The first kappa shape index (κ1) is 37.8. The SMILES string of the molecule is CCn1nnc([C@H]2O[C@@H](n3cnc4c(NCC(c5ccccc5)c5ccccc5)nc(N5CC[C@@H](NC(=O)Nc6ccc(S(N)(=O)=O)cc6)C5)nc43)[C@H](O)[C@@H]2O)n1. The minimum Gasteiger partial charge on any atom is -0.387 e. The minimum atomic E-state index is -3.87. The maximum atomic E-state index is 13.0. The van der Waals surface area contributed by atoms with Gasteiger partial charge in [-0.1, -0.05) is 60.7 Å². The van der Waals surface area contributed by atoms with Gasteiger partial charge < -0.3 is 35.8 Å². The topological polar surface area (TPSA) is 253 Å². The number of urea groups is 1. The second-order valence-electron chi connectivity index (χ2n) is 13.8. The van der Waals surface area contributed by atoms with Crippen LogP contribution in [-0.2, 0) is 21.3 Å². The number of anilines is 3. The molecule has 0 radical (unpaired) electrons. The first-order chi connectivity index (χ1) is 27.6. The highest BCUT2D eigenvalue weighted by atomic mass is 32.2. The highest BCUT2D eigenvalue weighted by Crippen LogP contribution is 2.39. The van der Waals surface area contributed by atoms with Gasteiger partial charge in [-0.05, 0) is 54.0 Å². The molecule has 2 aliphatic heterocycles. The Hall–Kier alpha value is -6.06. The largest absolute Gasteiger partial charge is 0.387 e. The van der Waals surface area contributed by atoms with E-state index in [1.165, 1.54) is 35.4 Å². The van der Waals surface area contributed by atoms with E-state index in [1.807, 2.05) is 48.2 Å². The lowest BCUT2D eigenvalue weighted by molar-refractivity contribution is -0.0384. The molecule has 2 saturated heterocycles. The number of hydrogen-bond donors (Lipinski definition) is 6. The van der Waals surface area contributed by atoms with Crippen LogP contribution in [0.5, 0.6) is 0 Å². The maximum Gasteiger partial charge on any atom is 0.319 e. The van der Waals surface area contributed by atoms with Crippen molar-refractivity contribution in [3.05, 3.63) is 108 Å². The summed E-state index contributed by atoms with van der Waals surface area (Å²) in [5.74, 6) is 0.890. The molecule has 57 heavy (non-hydrogen) atoms. The third-order valence-corrected chi connectivity index (χ3v) is 11.0. The fourth-order valence-corrected chi connectivity index (χ4v) is 7.62. The second kappa shape index (κ2) is 15.8. The van der Waals surface area contributed by atoms with Gasteiger partial charge in [0.1, 0.15) is 12.2 Å². The van der Waals surface area contributed by atoms with Crippen LogP contribution in [0.25, 0.3) is 11.2 Å². The molecule has 19 nitrogen and oxygen atoms in total. The second-order valence-corrected chi connectivity index (χ2v) is 15.4. The van der Waals surface area contributed by atoms with E-state index in [1.54, 1.807) is 4.57 Å². The number of aryl methyl sites for hydroxylation is 1. The normalized spacial score (nSPS) is 21.0. The van der Waals surface area contributed by atoms with Crippen LogP contribution in [0.4, 0.5) is 22.2 Å². The summed E-state index contributed by atoms with van der Waals surface area (Å²) in [6, 6.07) is 25.1. The quantitative estimate of drug-likeness (QED) is 0.104. The Bertz CT molecular complexity index is 2410. The van der Waals surface area contributed by atoms with Crippen LogP contribution in [-0.4, -0.2) is 102 Å². The van der Waals surface area contributed by atoms with Crippen LogP contribution < -0.4 is 26.0 Å². The molecule has 5 atom stereocenters. The van der Waals surface area contributed by atoms with E-state index in [2.05, 4.69) is 60.6 Å². The van der Waals surface area contributed by atoms with Crippen LogP contribution in [0.3, 0.4) is 0 Å². The van der Waals surface area contributed by atoms with Gasteiger partial charge in [-0.15, -0.1) is 10.2 Å². The first-order valence-corrected chi connectivity index (χ1v) is 19.9. The number of nitrogens with one attached hydrogen (secondary N) is 3. The summed E-state index contributed by atoms with van der Waals surface area (Å²) in [5, 5.41) is 49.0. The van der Waals surface area contributed by atoms with Crippen molar-refractivity contribution in [2.45, 2.75) is 61.3 Å². The molecule has 0 bridgehead atoms. The van der Waals surface area contributed by atoms with Crippen LogP contribution in [0.2, 0.25) is 0 Å². The Labute approximate surface area is 327 Å². The van der Waals surface area contributed by atoms with Crippen molar-refractivity contribution in [2.75, 3.05) is 35.2 Å². The number of benzene rings is 3. The lowest BCUT2D eigenvalue weighted by Crippen LogP contribution is -2.40. The number of imidazole rings is 1. The molecule has 5 heterocycles. The number of hydrogen-bond acceptors (Lipinski definition) is 14. The molecular formula is C37H41N13O6S. The molecule has 3 aromatic carbocycles. The lowest BCUT2D eigenvalue weighted by atomic mass is 9.91. The fourth-order valence-electron chi connectivity index (χ4n) is 7.10. The number of carbonyl (C=O) groups excluding carboxylic acids is 1. The summed E-state index contributed by atoms with van der Waals surface area (Å²) in [7, 11) is -3.87. The van der Waals surface area contributed by atoms with Crippen molar-refractivity contribution >= 4 is 44.7 Å². The number of sulfonamides is 1. The molecule has 7 N–H and O–H groups in total. The number of fused-ring (bicyclic) bond motifs is 1. The molecule has 2 aliphatic rings. The average molecular weight is 796 g/mol. The number of aromatic nitrogens is 8. The number of amides is 2. The zero-order valence-corrected chi connectivity index (χ0v) is 31.5. The Morgan fingerprint density at radius 1 is 0.982 bits per heavy atom. The van der Waals surface area contributed by atoms with Gasteiger partial charge in [0.15, 0.2) is 29.3 Å². The van der Waals surface area contributed by atoms with Crippen LogP contribution in [0.1, 0.15) is 48.5 Å². The lowest BCUT2D eigenvalue weighted by Gasteiger charge is -2.22. The molecule has 2 fully saturated rings. The van der Waals surface area contributed by atoms with Crippen LogP contribution >= 0.6 is 0 Å². The van der Waals surface area contributed by atoms with Gasteiger partial charge in [-0.25, -0.2) is 23.3 Å².